The maximum Gasteiger partial charge on any atom is 0.0740 e. The van der Waals surface area contributed by atoms with E-state index in [1.807, 2.05) is 0 Å². The Balaban J connectivity index is 2.24. The second kappa shape index (κ2) is 3.15. The van der Waals surface area contributed by atoms with E-state index in [4.69, 9.17) is 0 Å². The van der Waals surface area contributed by atoms with Crippen LogP contribution in [-0.4, -0.2) is 12.8 Å². The van der Waals surface area contributed by atoms with Gasteiger partial charge in [-0.2, -0.15) is 0 Å². The SMILES string of the molecule is CCC(C)C1NCNN1. The lowest BCUT2D eigenvalue weighted by atomic mass is 10.1. The highest BCUT2D eigenvalue weighted by molar-refractivity contribution is 4.71. The maximum absolute atomic E-state index is 3.29. The van der Waals surface area contributed by atoms with Crippen molar-refractivity contribution in [2.75, 3.05) is 6.67 Å². The molecule has 1 aliphatic rings. The molecule has 2 unspecified atom stereocenters. The minimum Gasteiger partial charge on any atom is -0.287 e. The van der Waals surface area contributed by atoms with Crippen LogP contribution in [0.25, 0.3) is 0 Å². The van der Waals surface area contributed by atoms with Gasteiger partial charge >= 0.3 is 0 Å². The highest BCUT2D eigenvalue weighted by atomic mass is 15.5. The van der Waals surface area contributed by atoms with E-state index in [0.717, 1.165) is 6.67 Å². The third-order valence-electron chi connectivity index (χ3n) is 1.88. The molecule has 0 bridgehead atoms. The van der Waals surface area contributed by atoms with Gasteiger partial charge in [-0.15, -0.1) is 0 Å². The quantitative estimate of drug-likeness (QED) is 0.491. The Morgan fingerprint density at radius 3 is 2.89 bits per heavy atom. The molecule has 0 amide bonds. The van der Waals surface area contributed by atoms with Crippen molar-refractivity contribution in [3.8, 4) is 0 Å². The minimum absolute atomic E-state index is 0.468. The van der Waals surface area contributed by atoms with Gasteiger partial charge in [0.1, 0.15) is 0 Å². The van der Waals surface area contributed by atoms with E-state index in [9.17, 15) is 0 Å². The molecule has 2 atom stereocenters. The Labute approximate surface area is 56.2 Å². The standard InChI is InChI=1S/C6H15N3/c1-3-5(2)6-7-4-8-9-6/h5-9H,3-4H2,1-2H3. The molecule has 0 aliphatic carbocycles. The molecule has 0 aromatic carbocycles. The van der Waals surface area contributed by atoms with Crippen molar-refractivity contribution in [3.05, 3.63) is 0 Å². The molecule has 0 aromatic heterocycles. The first-order chi connectivity index (χ1) is 4.34. The van der Waals surface area contributed by atoms with Gasteiger partial charge in [0, 0.05) is 0 Å². The molecule has 1 fully saturated rings. The maximum atomic E-state index is 3.29. The van der Waals surface area contributed by atoms with Crippen LogP contribution in [0.4, 0.5) is 0 Å². The number of nitrogens with one attached hydrogen (secondary N) is 3. The van der Waals surface area contributed by atoms with Gasteiger partial charge in [-0.3, -0.25) is 5.32 Å². The van der Waals surface area contributed by atoms with Gasteiger partial charge < -0.3 is 0 Å². The van der Waals surface area contributed by atoms with Crippen LogP contribution in [0.2, 0.25) is 0 Å². The minimum atomic E-state index is 0.468. The van der Waals surface area contributed by atoms with Crippen molar-refractivity contribution in [2.24, 2.45) is 5.92 Å². The fourth-order valence-electron chi connectivity index (χ4n) is 0.952. The second-order valence-electron chi connectivity index (χ2n) is 2.57. The van der Waals surface area contributed by atoms with Crippen molar-refractivity contribution < 1.29 is 0 Å². The lowest BCUT2D eigenvalue weighted by Crippen LogP contribution is -2.39. The first-order valence-electron chi connectivity index (χ1n) is 3.56. The summed E-state index contributed by atoms with van der Waals surface area (Å²) < 4.78 is 0. The van der Waals surface area contributed by atoms with Crippen LogP contribution in [0.5, 0.6) is 0 Å². The molecule has 0 aromatic rings. The number of hydrazine groups is 1. The monoisotopic (exact) mass is 129 g/mol. The molecule has 0 spiro atoms. The van der Waals surface area contributed by atoms with E-state index in [1.165, 1.54) is 6.42 Å². The van der Waals surface area contributed by atoms with Crippen molar-refractivity contribution in [2.45, 2.75) is 26.4 Å². The van der Waals surface area contributed by atoms with Gasteiger partial charge in [-0.25, -0.2) is 10.9 Å². The van der Waals surface area contributed by atoms with Gasteiger partial charge in [-0.05, 0) is 5.92 Å². The van der Waals surface area contributed by atoms with Crippen molar-refractivity contribution in [1.82, 2.24) is 16.2 Å². The Morgan fingerprint density at radius 2 is 2.44 bits per heavy atom. The average Bonchev–Trinajstić information content (AvgIpc) is 2.37. The third-order valence-corrected chi connectivity index (χ3v) is 1.88. The van der Waals surface area contributed by atoms with E-state index < -0.39 is 0 Å². The predicted molar refractivity (Wildman–Crippen MR) is 37.5 cm³/mol. The van der Waals surface area contributed by atoms with Crippen LogP contribution in [0.1, 0.15) is 20.3 Å². The number of hydrogen-bond acceptors (Lipinski definition) is 3. The van der Waals surface area contributed by atoms with Crippen LogP contribution in [-0.2, 0) is 0 Å². The van der Waals surface area contributed by atoms with Crippen LogP contribution in [0, 0.1) is 5.92 Å². The molecule has 3 nitrogen and oxygen atoms in total. The molecule has 1 rings (SSSR count). The Morgan fingerprint density at radius 1 is 1.67 bits per heavy atom. The van der Waals surface area contributed by atoms with Crippen LogP contribution < -0.4 is 16.2 Å². The van der Waals surface area contributed by atoms with E-state index in [0.29, 0.717) is 12.1 Å². The van der Waals surface area contributed by atoms with Gasteiger partial charge in [0.2, 0.25) is 0 Å². The van der Waals surface area contributed by atoms with E-state index >= 15 is 0 Å². The summed E-state index contributed by atoms with van der Waals surface area (Å²) in [7, 11) is 0. The van der Waals surface area contributed by atoms with Crippen molar-refractivity contribution in [1.29, 1.82) is 0 Å². The summed E-state index contributed by atoms with van der Waals surface area (Å²) in [6.07, 6.45) is 1.68. The zero-order valence-electron chi connectivity index (χ0n) is 6.07. The highest BCUT2D eigenvalue weighted by Gasteiger charge is 2.17. The fourth-order valence-corrected chi connectivity index (χ4v) is 0.952. The molecular weight excluding hydrogens is 114 g/mol. The molecule has 54 valence electrons. The van der Waals surface area contributed by atoms with E-state index in [-0.39, 0.29) is 0 Å². The first-order valence-corrected chi connectivity index (χ1v) is 3.56. The van der Waals surface area contributed by atoms with Crippen molar-refractivity contribution >= 4 is 0 Å². The smallest absolute Gasteiger partial charge is 0.0740 e. The van der Waals surface area contributed by atoms with Gasteiger partial charge in [0.15, 0.2) is 0 Å². The second-order valence-corrected chi connectivity index (χ2v) is 2.57. The zero-order valence-corrected chi connectivity index (χ0v) is 6.07. The van der Waals surface area contributed by atoms with Crippen molar-refractivity contribution in [3.63, 3.8) is 0 Å². The van der Waals surface area contributed by atoms with Gasteiger partial charge in [0.25, 0.3) is 0 Å². The summed E-state index contributed by atoms with van der Waals surface area (Å²) in [5.41, 5.74) is 6.17. The third kappa shape index (κ3) is 1.64. The molecule has 1 saturated heterocycles. The van der Waals surface area contributed by atoms with E-state index in [2.05, 4.69) is 30.0 Å². The first kappa shape index (κ1) is 6.99. The normalized spacial score (nSPS) is 30.7. The molecular formula is C6H15N3. The zero-order chi connectivity index (χ0) is 6.69. The fraction of sp³-hybridized carbons (Fsp3) is 1.00. The molecule has 1 heterocycles. The Hall–Kier alpha value is -0.120. The summed E-state index contributed by atoms with van der Waals surface area (Å²) in [6, 6.07) is 0. The highest BCUT2D eigenvalue weighted by Crippen LogP contribution is 2.04. The lowest BCUT2D eigenvalue weighted by Gasteiger charge is -2.16. The van der Waals surface area contributed by atoms with Crippen LogP contribution in [0.15, 0.2) is 0 Å². The Bertz CT molecular complexity index is 78.4. The lowest BCUT2D eigenvalue weighted by molar-refractivity contribution is 0.368. The summed E-state index contributed by atoms with van der Waals surface area (Å²) in [5.74, 6) is 0.708. The summed E-state index contributed by atoms with van der Waals surface area (Å²) in [5, 5.41) is 3.29. The molecule has 3 heteroatoms. The molecule has 9 heavy (non-hydrogen) atoms. The van der Waals surface area contributed by atoms with Crippen LogP contribution >= 0.6 is 0 Å². The average molecular weight is 129 g/mol. The van der Waals surface area contributed by atoms with Gasteiger partial charge in [0.05, 0.1) is 12.8 Å². The summed E-state index contributed by atoms with van der Waals surface area (Å²) in [6.45, 7) is 5.32. The number of rotatable bonds is 2. The van der Waals surface area contributed by atoms with Crippen LogP contribution in [0.3, 0.4) is 0 Å². The number of hydrogen-bond donors (Lipinski definition) is 3. The molecule has 3 N–H and O–H groups in total. The largest absolute Gasteiger partial charge is 0.287 e. The Kier molecular flexibility index (Phi) is 2.45. The molecule has 0 saturated carbocycles. The van der Waals surface area contributed by atoms with E-state index in [1.54, 1.807) is 0 Å². The predicted octanol–water partition coefficient (Wildman–Crippen LogP) is 0.0135. The van der Waals surface area contributed by atoms with Gasteiger partial charge in [-0.1, -0.05) is 20.3 Å². The molecule has 0 radical (unpaired) electrons. The summed E-state index contributed by atoms with van der Waals surface area (Å²) >= 11 is 0. The molecule has 1 aliphatic heterocycles. The summed E-state index contributed by atoms with van der Waals surface area (Å²) in [4.78, 5) is 0. The topological polar surface area (TPSA) is 36.1 Å².